The number of hydrogen-bond acceptors (Lipinski definition) is 4. The van der Waals surface area contributed by atoms with Gasteiger partial charge in [0.05, 0.1) is 18.5 Å². The molecule has 1 fully saturated rings. The minimum absolute atomic E-state index is 0.150. The normalized spacial score (nSPS) is 23.0. The lowest BCUT2D eigenvalue weighted by molar-refractivity contribution is 0.0837. The van der Waals surface area contributed by atoms with E-state index in [1.54, 1.807) is 6.26 Å². The lowest BCUT2D eigenvalue weighted by atomic mass is 9.99. The molecule has 0 amide bonds. The van der Waals surface area contributed by atoms with Crippen molar-refractivity contribution in [1.82, 2.24) is 15.1 Å². The topological polar surface area (TPSA) is 52.2 Å². The standard InChI is InChI=1S/C14H19N3O2/c1-17-13(4-6-16-17)14-11(5-8-19-14)9-15-10-12-3-2-7-18-12/h2-4,6-7,11,14-15H,5,8-10H2,1H3/t11-,14+/m0/s1. The Bertz CT molecular complexity index is 507. The van der Waals surface area contributed by atoms with Crippen LogP contribution in [-0.4, -0.2) is 22.9 Å². The minimum Gasteiger partial charge on any atom is -0.468 e. The second-order valence-electron chi connectivity index (χ2n) is 4.93. The van der Waals surface area contributed by atoms with Gasteiger partial charge in [-0.05, 0) is 24.6 Å². The van der Waals surface area contributed by atoms with Gasteiger partial charge in [-0.1, -0.05) is 0 Å². The maximum atomic E-state index is 5.85. The Kier molecular flexibility index (Phi) is 3.66. The zero-order valence-corrected chi connectivity index (χ0v) is 11.1. The van der Waals surface area contributed by atoms with E-state index in [1.807, 2.05) is 36.1 Å². The summed E-state index contributed by atoms with van der Waals surface area (Å²) in [5.74, 6) is 1.46. The van der Waals surface area contributed by atoms with Gasteiger partial charge in [0.15, 0.2) is 0 Å². The van der Waals surface area contributed by atoms with Crippen LogP contribution in [0.1, 0.15) is 24.0 Å². The number of ether oxygens (including phenoxy) is 1. The van der Waals surface area contributed by atoms with Gasteiger partial charge in [0.1, 0.15) is 11.9 Å². The molecule has 0 aliphatic carbocycles. The van der Waals surface area contributed by atoms with E-state index in [0.29, 0.717) is 5.92 Å². The summed E-state index contributed by atoms with van der Waals surface area (Å²) in [6.45, 7) is 2.51. The van der Waals surface area contributed by atoms with Gasteiger partial charge in [-0.15, -0.1) is 0 Å². The second kappa shape index (κ2) is 5.59. The molecule has 2 aromatic rings. The predicted molar refractivity (Wildman–Crippen MR) is 70.4 cm³/mol. The van der Waals surface area contributed by atoms with Crippen LogP contribution < -0.4 is 5.32 Å². The molecule has 0 saturated carbocycles. The molecule has 2 aromatic heterocycles. The van der Waals surface area contributed by atoms with Crippen molar-refractivity contribution in [2.75, 3.05) is 13.2 Å². The highest BCUT2D eigenvalue weighted by Crippen LogP contribution is 2.33. The van der Waals surface area contributed by atoms with Crippen LogP contribution >= 0.6 is 0 Å². The molecule has 0 unspecified atom stereocenters. The Hall–Kier alpha value is -1.59. The molecule has 19 heavy (non-hydrogen) atoms. The van der Waals surface area contributed by atoms with E-state index in [4.69, 9.17) is 9.15 Å². The molecule has 0 bridgehead atoms. The van der Waals surface area contributed by atoms with Crippen LogP contribution in [-0.2, 0) is 18.3 Å². The molecule has 102 valence electrons. The Morgan fingerprint density at radius 2 is 2.42 bits per heavy atom. The van der Waals surface area contributed by atoms with E-state index < -0.39 is 0 Å². The molecule has 1 aliphatic rings. The predicted octanol–water partition coefficient (Wildman–Crippen LogP) is 1.88. The van der Waals surface area contributed by atoms with Crippen LogP contribution in [0.15, 0.2) is 35.1 Å². The Balaban J connectivity index is 1.56. The van der Waals surface area contributed by atoms with Crippen molar-refractivity contribution in [3.8, 4) is 0 Å². The Labute approximate surface area is 112 Å². The second-order valence-corrected chi connectivity index (χ2v) is 4.93. The van der Waals surface area contributed by atoms with Gasteiger partial charge in [0.2, 0.25) is 0 Å². The number of hydrogen-bond donors (Lipinski definition) is 1. The molecule has 0 aromatic carbocycles. The lowest BCUT2D eigenvalue weighted by Crippen LogP contribution is -2.25. The Morgan fingerprint density at radius 3 is 3.16 bits per heavy atom. The van der Waals surface area contributed by atoms with Crippen molar-refractivity contribution in [3.05, 3.63) is 42.1 Å². The first-order chi connectivity index (χ1) is 9.34. The zero-order valence-electron chi connectivity index (χ0n) is 11.1. The van der Waals surface area contributed by atoms with Crippen molar-refractivity contribution in [3.63, 3.8) is 0 Å². The first kappa shape index (κ1) is 12.4. The average Bonchev–Trinajstić information content (AvgIpc) is 3.10. The molecule has 2 atom stereocenters. The van der Waals surface area contributed by atoms with Gasteiger partial charge in [-0.25, -0.2) is 0 Å². The first-order valence-corrected chi connectivity index (χ1v) is 6.67. The fraction of sp³-hybridized carbons (Fsp3) is 0.500. The molecule has 3 rings (SSSR count). The van der Waals surface area contributed by atoms with Crippen LogP contribution in [0, 0.1) is 5.92 Å². The van der Waals surface area contributed by atoms with Crippen LogP contribution in [0.2, 0.25) is 0 Å². The van der Waals surface area contributed by atoms with Crippen molar-refractivity contribution in [2.45, 2.75) is 19.1 Å². The van der Waals surface area contributed by atoms with Gasteiger partial charge < -0.3 is 14.5 Å². The average molecular weight is 261 g/mol. The summed E-state index contributed by atoms with van der Waals surface area (Å²) in [5.41, 5.74) is 1.15. The number of aryl methyl sites for hydroxylation is 1. The highest BCUT2D eigenvalue weighted by molar-refractivity contribution is 5.08. The van der Waals surface area contributed by atoms with E-state index >= 15 is 0 Å². The smallest absolute Gasteiger partial charge is 0.117 e. The van der Waals surface area contributed by atoms with Crippen molar-refractivity contribution in [2.24, 2.45) is 13.0 Å². The maximum absolute atomic E-state index is 5.85. The summed E-state index contributed by atoms with van der Waals surface area (Å²) in [6, 6.07) is 5.93. The van der Waals surface area contributed by atoms with E-state index in [9.17, 15) is 0 Å². The molecule has 3 heterocycles. The largest absolute Gasteiger partial charge is 0.468 e. The highest BCUT2D eigenvalue weighted by Gasteiger charge is 2.31. The van der Waals surface area contributed by atoms with Crippen LogP contribution in [0.5, 0.6) is 0 Å². The Morgan fingerprint density at radius 1 is 1.47 bits per heavy atom. The summed E-state index contributed by atoms with van der Waals surface area (Å²) < 4.78 is 13.1. The number of rotatable bonds is 5. The summed E-state index contributed by atoms with van der Waals surface area (Å²) in [4.78, 5) is 0. The number of nitrogens with zero attached hydrogens (tertiary/aromatic N) is 2. The summed E-state index contributed by atoms with van der Waals surface area (Å²) >= 11 is 0. The van der Waals surface area contributed by atoms with E-state index in [1.165, 1.54) is 0 Å². The molecule has 1 N–H and O–H groups in total. The molecule has 0 spiro atoms. The highest BCUT2D eigenvalue weighted by atomic mass is 16.5. The number of aromatic nitrogens is 2. The van der Waals surface area contributed by atoms with Crippen molar-refractivity contribution >= 4 is 0 Å². The fourth-order valence-corrected chi connectivity index (χ4v) is 2.63. The minimum atomic E-state index is 0.150. The van der Waals surface area contributed by atoms with Crippen molar-refractivity contribution in [1.29, 1.82) is 0 Å². The number of nitrogens with one attached hydrogen (secondary N) is 1. The van der Waals surface area contributed by atoms with Gasteiger partial charge in [-0.3, -0.25) is 4.68 Å². The molecular formula is C14H19N3O2. The van der Waals surface area contributed by atoms with E-state index in [-0.39, 0.29) is 6.10 Å². The van der Waals surface area contributed by atoms with Gasteiger partial charge in [-0.2, -0.15) is 5.10 Å². The molecule has 5 heteroatoms. The molecule has 1 saturated heterocycles. The van der Waals surface area contributed by atoms with Gasteiger partial charge in [0, 0.05) is 32.3 Å². The summed E-state index contributed by atoms with van der Waals surface area (Å²) in [5, 5.41) is 7.66. The lowest BCUT2D eigenvalue weighted by Gasteiger charge is -2.19. The monoisotopic (exact) mass is 261 g/mol. The van der Waals surface area contributed by atoms with E-state index in [2.05, 4.69) is 10.4 Å². The summed E-state index contributed by atoms with van der Waals surface area (Å²) in [7, 11) is 1.96. The third-order valence-electron chi connectivity index (χ3n) is 3.65. The molecule has 0 radical (unpaired) electrons. The van der Waals surface area contributed by atoms with Crippen LogP contribution in [0.25, 0.3) is 0 Å². The SMILES string of the molecule is Cn1nccc1[C@@H]1OCC[C@H]1CNCc1ccco1. The van der Waals surface area contributed by atoms with Crippen LogP contribution in [0.4, 0.5) is 0 Å². The van der Waals surface area contributed by atoms with Crippen molar-refractivity contribution < 1.29 is 9.15 Å². The van der Waals surface area contributed by atoms with Crippen LogP contribution in [0.3, 0.4) is 0 Å². The third kappa shape index (κ3) is 2.72. The summed E-state index contributed by atoms with van der Waals surface area (Å²) in [6.07, 6.45) is 4.76. The number of furan rings is 1. The fourth-order valence-electron chi connectivity index (χ4n) is 2.63. The first-order valence-electron chi connectivity index (χ1n) is 6.67. The van der Waals surface area contributed by atoms with Gasteiger partial charge >= 0.3 is 0 Å². The van der Waals surface area contributed by atoms with Gasteiger partial charge in [0.25, 0.3) is 0 Å². The van der Waals surface area contributed by atoms with E-state index in [0.717, 1.165) is 37.6 Å². The quantitative estimate of drug-likeness (QED) is 0.893. The molecule has 5 nitrogen and oxygen atoms in total. The maximum Gasteiger partial charge on any atom is 0.117 e. The molecular weight excluding hydrogens is 242 g/mol. The zero-order chi connectivity index (χ0) is 13.1. The third-order valence-corrected chi connectivity index (χ3v) is 3.65. The molecule has 1 aliphatic heterocycles.